The third-order valence-electron chi connectivity index (χ3n) is 4.19. The van der Waals surface area contributed by atoms with Crippen LogP contribution in [0.3, 0.4) is 0 Å². The van der Waals surface area contributed by atoms with E-state index in [1.165, 1.54) is 19.2 Å². The SMILES string of the molecule is COCCOc1ccc(NC(=O)C2CCC(C(=O)O)CC2)cc1F. The zero-order valence-electron chi connectivity index (χ0n) is 13.6. The number of carboxylic acid groups (broad SMARTS) is 1. The highest BCUT2D eigenvalue weighted by atomic mass is 19.1. The van der Waals surface area contributed by atoms with Crippen LogP contribution in [-0.2, 0) is 14.3 Å². The standard InChI is InChI=1S/C17H22FNO5/c1-23-8-9-24-15-7-6-13(10-14(15)18)19-16(20)11-2-4-12(5-3-11)17(21)22/h6-7,10-12H,2-5,8-9H2,1H3,(H,19,20)(H,21,22). The zero-order chi connectivity index (χ0) is 17.5. The quantitative estimate of drug-likeness (QED) is 0.746. The molecule has 132 valence electrons. The van der Waals surface area contributed by atoms with Crippen LogP contribution in [0.25, 0.3) is 0 Å². The van der Waals surface area contributed by atoms with Gasteiger partial charge in [0.15, 0.2) is 11.6 Å². The van der Waals surface area contributed by atoms with Crippen molar-refractivity contribution in [2.24, 2.45) is 11.8 Å². The van der Waals surface area contributed by atoms with Crippen molar-refractivity contribution in [1.29, 1.82) is 0 Å². The van der Waals surface area contributed by atoms with Gasteiger partial charge < -0.3 is 19.9 Å². The van der Waals surface area contributed by atoms with Gasteiger partial charge in [0.1, 0.15) is 6.61 Å². The Morgan fingerprint density at radius 3 is 2.46 bits per heavy atom. The highest BCUT2D eigenvalue weighted by Crippen LogP contribution is 2.30. The molecule has 1 aromatic rings. The van der Waals surface area contributed by atoms with Crippen molar-refractivity contribution in [3.05, 3.63) is 24.0 Å². The predicted molar refractivity (Wildman–Crippen MR) is 85.5 cm³/mol. The number of benzene rings is 1. The highest BCUT2D eigenvalue weighted by molar-refractivity contribution is 5.92. The van der Waals surface area contributed by atoms with Crippen LogP contribution in [0, 0.1) is 17.7 Å². The second-order valence-electron chi connectivity index (χ2n) is 5.86. The highest BCUT2D eigenvalue weighted by Gasteiger charge is 2.29. The number of aliphatic carboxylic acids is 1. The van der Waals surface area contributed by atoms with Gasteiger partial charge in [-0.15, -0.1) is 0 Å². The first-order chi connectivity index (χ1) is 11.5. The van der Waals surface area contributed by atoms with E-state index in [9.17, 15) is 14.0 Å². The van der Waals surface area contributed by atoms with Crippen LogP contribution < -0.4 is 10.1 Å². The summed E-state index contributed by atoms with van der Waals surface area (Å²) in [6.45, 7) is 0.600. The molecule has 2 N–H and O–H groups in total. The number of carbonyl (C=O) groups is 2. The number of anilines is 1. The summed E-state index contributed by atoms with van der Waals surface area (Å²) in [5, 5.41) is 11.7. The maximum atomic E-state index is 13.9. The number of hydrogen-bond donors (Lipinski definition) is 2. The number of amides is 1. The number of halogens is 1. The van der Waals surface area contributed by atoms with Crippen LogP contribution in [0.5, 0.6) is 5.75 Å². The fraction of sp³-hybridized carbons (Fsp3) is 0.529. The monoisotopic (exact) mass is 339 g/mol. The number of rotatable bonds is 7. The van der Waals surface area contributed by atoms with Crippen molar-refractivity contribution in [2.45, 2.75) is 25.7 Å². The van der Waals surface area contributed by atoms with Gasteiger partial charge in [-0.25, -0.2) is 4.39 Å². The van der Waals surface area contributed by atoms with Gasteiger partial charge in [0.05, 0.1) is 12.5 Å². The van der Waals surface area contributed by atoms with Gasteiger partial charge in [0, 0.05) is 24.8 Å². The van der Waals surface area contributed by atoms with Gasteiger partial charge in [0.25, 0.3) is 0 Å². The van der Waals surface area contributed by atoms with Crippen LogP contribution in [0.1, 0.15) is 25.7 Å². The van der Waals surface area contributed by atoms with E-state index >= 15 is 0 Å². The van der Waals surface area contributed by atoms with E-state index in [0.29, 0.717) is 38.0 Å². The first kappa shape index (κ1) is 18.2. The van der Waals surface area contributed by atoms with Gasteiger partial charge in [-0.1, -0.05) is 0 Å². The molecule has 1 amide bonds. The molecule has 0 unspecified atom stereocenters. The summed E-state index contributed by atoms with van der Waals surface area (Å²) < 4.78 is 24.0. The van der Waals surface area contributed by atoms with E-state index in [2.05, 4.69) is 5.32 Å². The Morgan fingerprint density at radius 1 is 1.21 bits per heavy atom. The molecule has 24 heavy (non-hydrogen) atoms. The average molecular weight is 339 g/mol. The summed E-state index contributed by atoms with van der Waals surface area (Å²) >= 11 is 0. The fourth-order valence-electron chi connectivity index (χ4n) is 2.78. The van der Waals surface area contributed by atoms with E-state index in [1.54, 1.807) is 6.07 Å². The third-order valence-corrected chi connectivity index (χ3v) is 4.19. The summed E-state index contributed by atoms with van der Waals surface area (Å²) in [7, 11) is 1.53. The Balaban J connectivity index is 1.88. The molecule has 0 spiro atoms. The minimum Gasteiger partial charge on any atom is -0.488 e. The second-order valence-corrected chi connectivity index (χ2v) is 5.86. The van der Waals surface area contributed by atoms with Crippen molar-refractivity contribution < 1.29 is 28.6 Å². The van der Waals surface area contributed by atoms with Crippen molar-refractivity contribution in [1.82, 2.24) is 0 Å². The van der Waals surface area contributed by atoms with Crippen LogP contribution >= 0.6 is 0 Å². The summed E-state index contributed by atoms with van der Waals surface area (Å²) in [5.41, 5.74) is 0.358. The molecule has 2 rings (SSSR count). The lowest BCUT2D eigenvalue weighted by molar-refractivity contribution is -0.143. The Bertz CT molecular complexity index is 584. The van der Waals surface area contributed by atoms with Crippen LogP contribution in [0.2, 0.25) is 0 Å². The smallest absolute Gasteiger partial charge is 0.306 e. The molecule has 0 heterocycles. The summed E-state index contributed by atoms with van der Waals surface area (Å²) in [5.74, 6) is -2.06. The summed E-state index contributed by atoms with van der Waals surface area (Å²) in [6.07, 6.45) is 2.05. The Kier molecular flexibility index (Phi) is 6.54. The molecule has 0 aliphatic heterocycles. The molecular weight excluding hydrogens is 317 g/mol. The minimum absolute atomic E-state index is 0.104. The Morgan fingerprint density at radius 2 is 1.88 bits per heavy atom. The molecule has 0 aromatic heterocycles. The third kappa shape index (κ3) is 4.92. The van der Waals surface area contributed by atoms with Crippen molar-refractivity contribution in [3.8, 4) is 5.75 Å². The maximum Gasteiger partial charge on any atom is 0.306 e. The number of nitrogens with one attached hydrogen (secondary N) is 1. The van der Waals surface area contributed by atoms with E-state index in [0.717, 1.165) is 0 Å². The topological polar surface area (TPSA) is 84.9 Å². The van der Waals surface area contributed by atoms with E-state index in [1.807, 2.05) is 0 Å². The molecule has 1 aliphatic carbocycles. The van der Waals surface area contributed by atoms with Crippen LogP contribution in [0.15, 0.2) is 18.2 Å². The molecule has 1 aliphatic rings. The lowest BCUT2D eigenvalue weighted by Crippen LogP contribution is -2.29. The first-order valence-electron chi connectivity index (χ1n) is 7.96. The number of carboxylic acids is 1. The maximum absolute atomic E-state index is 13.9. The summed E-state index contributed by atoms with van der Waals surface area (Å²) in [4.78, 5) is 23.1. The van der Waals surface area contributed by atoms with Crippen LogP contribution in [-0.4, -0.2) is 37.3 Å². The van der Waals surface area contributed by atoms with E-state index in [-0.39, 0.29) is 30.1 Å². The molecule has 1 saturated carbocycles. The van der Waals surface area contributed by atoms with E-state index in [4.69, 9.17) is 14.6 Å². The minimum atomic E-state index is -0.806. The molecule has 0 saturated heterocycles. The van der Waals surface area contributed by atoms with Gasteiger partial charge in [-0.2, -0.15) is 0 Å². The van der Waals surface area contributed by atoms with Gasteiger partial charge in [0.2, 0.25) is 5.91 Å². The molecule has 1 aromatic carbocycles. The van der Waals surface area contributed by atoms with Crippen molar-refractivity contribution in [2.75, 3.05) is 25.6 Å². The molecule has 0 bridgehead atoms. The largest absolute Gasteiger partial charge is 0.488 e. The number of hydrogen-bond acceptors (Lipinski definition) is 4. The Hall–Kier alpha value is -2.15. The second kappa shape index (κ2) is 8.63. The fourth-order valence-corrected chi connectivity index (χ4v) is 2.78. The van der Waals surface area contributed by atoms with Gasteiger partial charge >= 0.3 is 5.97 Å². The van der Waals surface area contributed by atoms with Crippen molar-refractivity contribution in [3.63, 3.8) is 0 Å². The van der Waals surface area contributed by atoms with Gasteiger partial charge in [-0.3, -0.25) is 9.59 Å². The molecule has 7 heteroatoms. The van der Waals surface area contributed by atoms with Crippen molar-refractivity contribution >= 4 is 17.6 Å². The van der Waals surface area contributed by atoms with Crippen LogP contribution in [0.4, 0.5) is 10.1 Å². The normalized spacial score (nSPS) is 20.4. The number of ether oxygens (including phenoxy) is 2. The van der Waals surface area contributed by atoms with Gasteiger partial charge in [-0.05, 0) is 37.8 Å². The molecule has 1 fully saturated rings. The lowest BCUT2D eigenvalue weighted by Gasteiger charge is -2.25. The molecule has 6 nitrogen and oxygen atoms in total. The van der Waals surface area contributed by atoms with E-state index < -0.39 is 11.8 Å². The number of carbonyl (C=O) groups excluding carboxylic acids is 1. The summed E-state index contributed by atoms with van der Waals surface area (Å²) in [6, 6.07) is 4.25. The molecular formula is C17H22FNO5. The predicted octanol–water partition coefficient (Wildman–Crippen LogP) is 2.68. The zero-order valence-corrected chi connectivity index (χ0v) is 13.6. The number of methoxy groups -OCH3 is 1. The first-order valence-corrected chi connectivity index (χ1v) is 7.96. The molecule has 0 radical (unpaired) electrons. The average Bonchev–Trinajstić information content (AvgIpc) is 2.57. The molecule has 0 atom stereocenters. The Labute approximate surface area is 139 Å². The lowest BCUT2D eigenvalue weighted by atomic mass is 9.81.